The predicted molar refractivity (Wildman–Crippen MR) is 113 cm³/mol. The first-order valence-electron chi connectivity index (χ1n) is 9.52. The van der Waals surface area contributed by atoms with Gasteiger partial charge in [-0.2, -0.15) is 5.26 Å². The number of hydrogen-bond donors (Lipinski definition) is 1. The number of carbonyl (C=O) groups is 1. The Hall–Kier alpha value is -3.63. The van der Waals surface area contributed by atoms with Crippen LogP contribution < -0.4 is 0 Å². The number of esters is 1. The van der Waals surface area contributed by atoms with Gasteiger partial charge in [0.1, 0.15) is 18.2 Å². The zero-order valence-electron chi connectivity index (χ0n) is 17.1. The van der Waals surface area contributed by atoms with Crippen LogP contribution in [0.4, 0.5) is 0 Å². The minimum Gasteiger partial charge on any atom is -0.507 e. The summed E-state index contributed by atoms with van der Waals surface area (Å²) in [5.41, 5.74) is 2.78. The summed E-state index contributed by atoms with van der Waals surface area (Å²) >= 11 is 0. The van der Waals surface area contributed by atoms with Crippen LogP contribution in [0, 0.1) is 11.3 Å². The van der Waals surface area contributed by atoms with E-state index in [0.29, 0.717) is 23.5 Å². The Morgan fingerprint density at radius 3 is 2.53 bits per heavy atom. The zero-order valence-corrected chi connectivity index (χ0v) is 17.1. The van der Waals surface area contributed by atoms with Crippen molar-refractivity contribution in [1.29, 1.82) is 5.26 Å². The van der Waals surface area contributed by atoms with Gasteiger partial charge in [0, 0.05) is 7.05 Å². The number of allylic oxidation sites excluding steroid dienone is 1. The summed E-state index contributed by atoms with van der Waals surface area (Å²) in [5.74, 6) is -0.645. The van der Waals surface area contributed by atoms with Gasteiger partial charge in [-0.3, -0.25) is 0 Å². The van der Waals surface area contributed by atoms with Crippen molar-refractivity contribution in [3.8, 4) is 6.07 Å². The van der Waals surface area contributed by atoms with E-state index in [-0.39, 0.29) is 17.4 Å². The number of para-hydroxylation sites is 2. The summed E-state index contributed by atoms with van der Waals surface area (Å²) < 4.78 is 12.4. The molecule has 0 unspecified atom stereocenters. The second-order valence-electron chi connectivity index (χ2n) is 7.05. The van der Waals surface area contributed by atoms with E-state index in [1.165, 1.54) is 0 Å². The van der Waals surface area contributed by atoms with Crippen LogP contribution in [0.15, 0.2) is 54.3 Å². The Bertz CT molecular complexity index is 1120. The molecule has 30 heavy (non-hydrogen) atoms. The fourth-order valence-corrected chi connectivity index (χ4v) is 2.90. The minimum absolute atomic E-state index is 0.0392. The molecule has 3 aromatic rings. The van der Waals surface area contributed by atoms with Crippen molar-refractivity contribution in [1.82, 2.24) is 9.55 Å². The molecule has 0 saturated carbocycles. The molecule has 0 spiro atoms. The summed E-state index contributed by atoms with van der Waals surface area (Å²) in [6.07, 6.45) is 0.120. The van der Waals surface area contributed by atoms with Crippen molar-refractivity contribution in [2.24, 2.45) is 7.05 Å². The van der Waals surface area contributed by atoms with Crippen LogP contribution in [0.2, 0.25) is 0 Å². The Labute approximate surface area is 174 Å². The van der Waals surface area contributed by atoms with Crippen molar-refractivity contribution in [2.45, 2.75) is 26.6 Å². The van der Waals surface area contributed by atoms with Gasteiger partial charge in [-0.1, -0.05) is 24.3 Å². The number of aryl methyl sites for hydroxylation is 1. The van der Waals surface area contributed by atoms with Gasteiger partial charge in [0.15, 0.2) is 11.6 Å². The van der Waals surface area contributed by atoms with Gasteiger partial charge < -0.3 is 19.1 Å². The topological polar surface area (TPSA) is 97.4 Å². The molecule has 0 atom stereocenters. The average Bonchev–Trinajstić information content (AvgIpc) is 3.08. The van der Waals surface area contributed by atoms with Gasteiger partial charge in [-0.15, -0.1) is 0 Å². The van der Waals surface area contributed by atoms with Crippen molar-refractivity contribution < 1.29 is 19.4 Å². The molecule has 7 nitrogen and oxygen atoms in total. The zero-order chi connectivity index (χ0) is 21.7. The lowest BCUT2D eigenvalue weighted by Crippen LogP contribution is -2.10. The Morgan fingerprint density at radius 2 is 1.90 bits per heavy atom. The number of carbonyl (C=O) groups excluding carboxylic acids is 1. The molecule has 0 aliphatic heterocycles. The Balaban J connectivity index is 1.71. The van der Waals surface area contributed by atoms with Crippen LogP contribution in [0.1, 0.15) is 35.6 Å². The Kier molecular flexibility index (Phi) is 6.50. The molecule has 3 rings (SSSR count). The maximum Gasteiger partial charge on any atom is 0.338 e. The number of aliphatic hydroxyl groups is 1. The van der Waals surface area contributed by atoms with E-state index in [9.17, 15) is 15.2 Å². The monoisotopic (exact) mass is 405 g/mol. The molecule has 0 radical (unpaired) electrons. The first-order valence-corrected chi connectivity index (χ1v) is 9.52. The molecular weight excluding hydrogens is 382 g/mol. The molecule has 0 aliphatic carbocycles. The number of aromatic nitrogens is 2. The number of imidazole rings is 1. The van der Waals surface area contributed by atoms with Crippen LogP contribution >= 0.6 is 0 Å². The van der Waals surface area contributed by atoms with Crippen LogP contribution in [0.3, 0.4) is 0 Å². The van der Waals surface area contributed by atoms with Gasteiger partial charge in [0.2, 0.25) is 0 Å². The average molecular weight is 405 g/mol. The van der Waals surface area contributed by atoms with Crippen LogP contribution in [-0.4, -0.2) is 33.3 Å². The molecule has 0 amide bonds. The second kappa shape index (κ2) is 9.25. The number of nitriles is 1. The van der Waals surface area contributed by atoms with E-state index >= 15 is 0 Å². The molecule has 154 valence electrons. The molecule has 0 saturated heterocycles. The normalized spacial score (nSPS) is 12.0. The van der Waals surface area contributed by atoms with E-state index < -0.39 is 12.6 Å². The second-order valence-corrected chi connectivity index (χ2v) is 7.05. The molecule has 0 fully saturated rings. The fourth-order valence-electron chi connectivity index (χ4n) is 2.90. The van der Waals surface area contributed by atoms with E-state index in [1.807, 2.05) is 44.2 Å². The number of hydrogen-bond acceptors (Lipinski definition) is 6. The largest absolute Gasteiger partial charge is 0.507 e. The highest BCUT2D eigenvalue weighted by molar-refractivity contribution is 5.90. The third-order valence-electron chi connectivity index (χ3n) is 4.52. The van der Waals surface area contributed by atoms with E-state index in [1.54, 1.807) is 35.9 Å². The summed E-state index contributed by atoms with van der Waals surface area (Å²) in [4.78, 5) is 16.7. The maximum absolute atomic E-state index is 12.3. The molecule has 7 heteroatoms. The van der Waals surface area contributed by atoms with Gasteiger partial charge in [-0.25, -0.2) is 9.78 Å². The highest BCUT2D eigenvalue weighted by Crippen LogP contribution is 2.22. The molecule has 0 aliphatic rings. The summed E-state index contributed by atoms with van der Waals surface area (Å²) in [5, 5.41) is 19.9. The molecule has 1 heterocycles. The first kappa shape index (κ1) is 21.1. The standard InChI is InChI=1S/C23H23N3O4/c1-15(2)29-13-16-8-10-17(11-9-16)23(28)30-14-21(27)18(12-24)22-25-19-6-4-5-7-20(19)26(22)3/h4-11,15,27H,13-14H2,1-3H3/b21-18-. The van der Waals surface area contributed by atoms with E-state index in [0.717, 1.165) is 11.1 Å². The summed E-state index contributed by atoms with van der Waals surface area (Å²) in [7, 11) is 1.76. The molecule has 2 aromatic carbocycles. The Morgan fingerprint density at radius 1 is 1.20 bits per heavy atom. The lowest BCUT2D eigenvalue weighted by atomic mass is 10.1. The lowest BCUT2D eigenvalue weighted by molar-refractivity contribution is 0.0501. The van der Waals surface area contributed by atoms with Crippen LogP contribution in [0.5, 0.6) is 0 Å². The quantitative estimate of drug-likeness (QED) is 0.360. The number of benzene rings is 2. The highest BCUT2D eigenvalue weighted by Gasteiger charge is 2.18. The fraction of sp³-hybridized carbons (Fsp3) is 0.261. The maximum atomic E-state index is 12.3. The van der Waals surface area contributed by atoms with Crippen LogP contribution in [-0.2, 0) is 23.1 Å². The third-order valence-corrected chi connectivity index (χ3v) is 4.52. The summed E-state index contributed by atoms with van der Waals surface area (Å²) in [6, 6.07) is 16.2. The van der Waals surface area contributed by atoms with Crippen molar-refractivity contribution in [2.75, 3.05) is 6.61 Å². The predicted octanol–water partition coefficient (Wildman–Crippen LogP) is 4.15. The molecule has 1 aromatic heterocycles. The third kappa shape index (κ3) is 4.67. The van der Waals surface area contributed by atoms with Gasteiger partial charge in [-0.05, 0) is 43.7 Å². The summed E-state index contributed by atoms with van der Waals surface area (Å²) in [6.45, 7) is 3.94. The van der Waals surface area contributed by atoms with Crippen molar-refractivity contribution in [3.63, 3.8) is 0 Å². The smallest absolute Gasteiger partial charge is 0.338 e. The van der Waals surface area contributed by atoms with E-state index in [2.05, 4.69) is 4.98 Å². The van der Waals surface area contributed by atoms with E-state index in [4.69, 9.17) is 9.47 Å². The van der Waals surface area contributed by atoms with Crippen molar-refractivity contribution in [3.05, 3.63) is 71.2 Å². The molecular formula is C23H23N3O4. The van der Waals surface area contributed by atoms with Gasteiger partial charge in [0.25, 0.3) is 0 Å². The lowest BCUT2D eigenvalue weighted by Gasteiger charge is -2.09. The number of nitrogens with zero attached hydrogens (tertiary/aromatic N) is 3. The van der Waals surface area contributed by atoms with Crippen LogP contribution in [0.25, 0.3) is 16.6 Å². The number of aliphatic hydroxyl groups excluding tert-OH is 1. The molecule has 0 bridgehead atoms. The number of rotatable bonds is 7. The molecule has 1 N–H and O–H groups in total. The SMILES string of the molecule is CC(C)OCc1ccc(C(=O)OC/C(O)=C(\C#N)c2nc3ccccc3n2C)cc1. The highest BCUT2D eigenvalue weighted by atomic mass is 16.5. The van der Waals surface area contributed by atoms with Gasteiger partial charge >= 0.3 is 5.97 Å². The van der Waals surface area contributed by atoms with Crippen molar-refractivity contribution >= 4 is 22.6 Å². The minimum atomic E-state index is -0.597. The number of ether oxygens (including phenoxy) is 2. The first-order chi connectivity index (χ1) is 14.4. The van der Waals surface area contributed by atoms with Gasteiger partial charge in [0.05, 0.1) is 29.3 Å². The number of fused-ring (bicyclic) bond motifs is 1.